The van der Waals surface area contributed by atoms with Crippen LogP contribution in [0, 0.1) is 11.8 Å². The third-order valence-corrected chi connectivity index (χ3v) is 1.81. The zero-order valence-electron chi connectivity index (χ0n) is 9.30. The first kappa shape index (κ1) is 12.6. The first-order valence-corrected chi connectivity index (χ1v) is 5.14. The van der Waals surface area contributed by atoms with Crippen LogP contribution in [0.4, 0.5) is 0 Å². The van der Waals surface area contributed by atoms with Crippen molar-refractivity contribution in [2.75, 3.05) is 13.2 Å². The molecule has 0 aliphatic rings. The predicted molar refractivity (Wildman–Crippen MR) is 54.7 cm³/mol. The normalized spacial score (nSPS) is 11.2. The average molecular weight is 186 g/mol. The quantitative estimate of drug-likeness (QED) is 0.571. The smallest absolute Gasteiger partial charge is 0.135 e. The number of ether oxygens (including phenoxy) is 1. The number of hydrogen-bond donors (Lipinski definition) is 0. The standard InChI is InChI=1S/C11H22O2/c1-9(2)8-13-7-5-6-11(12)10(3)4/h9-10H,5-8H2,1-4H3. The minimum absolute atomic E-state index is 0.171. The van der Waals surface area contributed by atoms with Crippen molar-refractivity contribution in [1.29, 1.82) is 0 Å². The monoisotopic (exact) mass is 186 g/mol. The van der Waals surface area contributed by atoms with Crippen LogP contribution in [-0.2, 0) is 9.53 Å². The van der Waals surface area contributed by atoms with Crippen molar-refractivity contribution in [2.24, 2.45) is 11.8 Å². The molecule has 78 valence electrons. The Hall–Kier alpha value is -0.370. The molecule has 0 heterocycles. The van der Waals surface area contributed by atoms with Gasteiger partial charge in [0.15, 0.2) is 0 Å². The van der Waals surface area contributed by atoms with Gasteiger partial charge in [-0.1, -0.05) is 27.7 Å². The van der Waals surface area contributed by atoms with Gasteiger partial charge in [-0.3, -0.25) is 4.79 Å². The largest absolute Gasteiger partial charge is 0.381 e. The summed E-state index contributed by atoms with van der Waals surface area (Å²) in [5.74, 6) is 1.10. The van der Waals surface area contributed by atoms with E-state index in [-0.39, 0.29) is 5.92 Å². The van der Waals surface area contributed by atoms with Crippen LogP contribution in [0.5, 0.6) is 0 Å². The maximum atomic E-state index is 11.2. The summed E-state index contributed by atoms with van der Waals surface area (Å²) in [7, 11) is 0. The van der Waals surface area contributed by atoms with Gasteiger partial charge in [0.2, 0.25) is 0 Å². The fourth-order valence-corrected chi connectivity index (χ4v) is 0.956. The van der Waals surface area contributed by atoms with E-state index >= 15 is 0 Å². The van der Waals surface area contributed by atoms with Gasteiger partial charge < -0.3 is 4.74 Å². The topological polar surface area (TPSA) is 26.3 Å². The Morgan fingerprint density at radius 1 is 1.23 bits per heavy atom. The second kappa shape index (κ2) is 7.07. The van der Waals surface area contributed by atoms with Crippen molar-refractivity contribution in [3.63, 3.8) is 0 Å². The maximum absolute atomic E-state index is 11.2. The molecule has 0 spiro atoms. The molecule has 0 atom stereocenters. The summed E-state index contributed by atoms with van der Waals surface area (Å²) in [6.45, 7) is 9.65. The van der Waals surface area contributed by atoms with Crippen molar-refractivity contribution < 1.29 is 9.53 Å². The van der Waals surface area contributed by atoms with Gasteiger partial charge in [0.05, 0.1) is 0 Å². The van der Waals surface area contributed by atoms with Crippen LogP contribution in [0.25, 0.3) is 0 Å². The molecule has 0 aliphatic carbocycles. The zero-order valence-corrected chi connectivity index (χ0v) is 9.30. The number of rotatable bonds is 7. The molecule has 0 aromatic heterocycles. The van der Waals surface area contributed by atoms with Gasteiger partial charge in [0.1, 0.15) is 5.78 Å². The van der Waals surface area contributed by atoms with E-state index < -0.39 is 0 Å². The number of carbonyl (C=O) groups is 1. The molecule has 0 amide bonds. The summed E-state index contributed by atoms with van der Waals surface area (Å²) in [6, 6.07) is 0. The van der Waals surface area contributed by atoms with Gasteiger partial charge in [-0.05, 0) is 12.3 Å². The van der Waals surface area contributed by atoms with Gasteiger partial charge in [0.25, 0.3) is 0 Å². The third-order valence-electron chi connectivity index (χ3n) is 1.81. The number of carbonyl (C=O) groups excluding carboxylic acids is 1. The molecule has 0 unspecified atom stereocenters. The molecule has 0 aromatic carbocycles. The van der Waals surface area contributed by atoms with Crippen molar-refractivity contribution in [3.05, 3.63) is 0 Å². The molecule has 0 radical (unpaired) electrons. The average Bonchev–Trinajstić information content (AvgIpc) is 2.02. The van der Waals surface area contributed by atoms with Gasteiger partial charge >= 0.3 is 0 Å². The van der Waals surface area contributed by atoms with Crippen LogP contribution in [0.3, 0.4) is 0 Å². The molecule has 0 saturated heterocycles. The molecule has 2 nitrogen and oxygen atoms in total. The molecule has 0 N–H and O–H groups in total. The Morgan fingerprint density at radius 2 is 1.85 bits per heavy atom. The maximum Gasteiger partial charge on any atom is 0.135 e. The first-order valence-electron chi connectivity index (χ1n) is 5.14. The number of hydrogen-bond acceptors (Lipinski definition) is 2. The van der Waals surface area contributed by atoms with E-state index in [4.69, 9.17) is 4.74 Å². The highest BCUT2D eigenvalue weighted by atomic mass is 16.5. The van der Waals surface area contributed by atoms with Gasteiger partial charge in [-0.15, -0.1) is 0 Å². The van der Waals surface area contributed by atoms with E-state index in [2.05, 4.69) is 13.8 Å². The first-order chi connectivity index (χ1) is 6.04. The highest BCUT2D eigenvalue weighted by Crippen LogP contribution is 2.02. The van der Waals surface area contributed by atoms with E-state index in [0.29, 0.717) is 18.1 Å². The fraction of sp³-hybridized carbons (Fsp3) is 0.909. The Morgan fingerprint density at radius 3 is 2.31 bits per heavy atom. The zero-order chi connectivity index (χ0) is 10.3. The lowest BCUT2D eigenvalue weighted by Crippen LogP contribution is -2.09. The molecule has 0 aliphatic heterocycles. The molecular weight excluding hydrogens is 164 g/mol. The second-order valence-electron chi connectivity index (χ2n) is 4.19. The number of Topliss-reactive ketones (excluding diaryl/α,β-unsaturated/α-hetero) is 1. The third kappa shape index (κ3) is 7.97. The summed E-state index contributed by atoms with van der Waals surface area (Å²) in [5.41, 5.74) is 0. The summed E-state index contributed by atoms with van der Waals surface area (Å²) in [4.78, 5) is 11.2. The van der Waals surface area contributed by atoms with Crippen LogP contribution in [0.2, 0.25) is 0 Å². The van der Waals surface area contributed by atoms with E-state index in [1.54, 1.807) is 0 Å². The Bertz CT molecular complexity index is 139. The summed E-state index contributed by atoms with van der Waals surface area (Å²) < 4.78 is 5.37. The number of ketones is 1. The SMILES string of the molecule is CC(C)COCCCC(=O)C(C)C. The van der Waals surface area contributed by atoms with E-state index in [1.807, 2.05) is 13.8 Å². The Labute approximate surface area is 81.7 Å². The van der Waals surface area contributed by atoms with Crippen molar-refractivity contribution in [1.82, 2.24) is 0 Å². The summed E-state index contributed by atoms with van der Waals surface area (Å²) >= 11 is 0. The van der Waals surface area contributed by atoms with E-state index in [0.717, 1.165) is 19.6 Å². The fourth-order valence-electron chi connectivity index (χ4n) is 0.956. The molecule has 0 aromatic rings. The lowest BCUT2D eigenvalue weighted by atomic mass is 10.1. The molecule has 0 saturated carbocycles. The van der Waals surface area contributed by atoms with Crippen LogP contribution in [-0.4, -0.2) is 19.0 Å². The van der Waals surface area contributed by atoms with Crippen molar-refractivity contribution >= 4 is 5.78 Å². The van der Waals surface area contributed by atoms with E-state index in [9.17, 15) is 4.79 Å². The van der Waals surface area contributed by atoms with Crippen LogP contribution >= 0.6 is 0 Å². The molecule has 13 heavy (non-hydrogen) atoms. The van der Waals surface area contributed by atoms with Crippen LogP contribution in [0.1, 0.15) is 40.5 Å². The lowest BCUT2D eigenvalue weighted by Gasteiger charge is -2.07. The molecule has 2 heteroatoms. The molecule has 0 rings (SSSR count). The Balaban J connectivity index is 3.21. The minimum Gasteiger partial charge on any atom is -0.381 e. The minimum atomic E-state index is 0.171. The summed E-state index contributed by atoms with van der Waals surface area (Å²) in [5, 5.41) is 0. The molecular formula is C11H22O2. The van der Waals surface area contributed by atoms with Gasteiger partial charge in [-0.2, -0.15) is 0 Å². The molecule has 0 fully saturated rings. The van der Waals surface area contributed by atoms with Gasteiger partial charge in [-0.25, -0.2) is 0 Å². The van der Waals surface area contributed by atoms with Gasteiger partial charge in [0, 0.05) is 25.6 Å². The summed E-state index contributed by atoms with van der Waals surface area (Å²) in [6.07, 6.45) is 1.53. The highest BCUT2D eigenvalue weighted by Gasteiger charge is 2.05. The molecule has 0 bridgehead atoms. The highest BCUT2D eigenvalue weighted by molar-refractivity contribution is 5.80. The van der Waals surface area contributed by atoms with E-state index in [1.165, 1.54) is 0 Å². The predicted octanol–water partition coefficient (Wildman–Crippen LogP) is 2.66. The van der Waals surface area contributed by atoms with Crippen molar-refractivity contribution in [3.8, 4) is 0 Å². The van der Waals surface area contributed by atoms with Crippen molar-refractivity contribution in [2.45, 2.75) is 40.5 Å². The van der Waals surface area contributed by atoms with Crippen LogP contribution in [0.15, 0.2) is 0 Å². The Kier molecular flexibility index (Phi) is 6.87. The lowest BCUT2D eigenvalue weighted by molar-refractivity contribution is -0.122. The van der Waals surface area contributed by atoms with Crippen LogP contribution < -0.4 is 0 Å². The second-order valence-corrected chi connectivity index (χ2v) is 4.19.